The zero-order valence-corrected chi connectivity index (χ0v) is 7.89. The van der Waals surface area contributed by atoms with E-state index in [2.05, 4.69) is 10.8 Å². The summed E-state index contributed by atoms with van der Waals surface area (Å²) in [7, 11) is 0. The fourth-order valence-corrected chi connectivity index (χ4v) is 1.76. The summed E-state index contributed by atoms with van der Waals surface area (Å²) in [5.41, 5.74) is 0. The third-order valence-electron chi connectivity index (χ3n) is 2.49. The van der Waals surface area contributed by atoms with Gasteiger partial charge in [0.2, 0.25) is 0 Å². The Labute approximate surface area is 76.1 Å². The van der Waals surface area contributed by atoms with E-state index in [1.165, 1.54) is 51.7 Å². The van der Waals surface area contributed by atoms with Gasteiger partial charge in [-0.2, -0.15) is 0 Å². The zero-order chi connectivity index (χ0) is 8.65. The third-order valence-corrected chi connectivity index (χ3v) is 2.49. The topological polar surface area (TPSA) is 3.24 Å². The quantitative estimate of drug-likeness (QED) is 0.458. The number of rotatable bonds is 3. The second-order valence-electron chi connectivity index (χ2n) is 3.56. The maximum absolute atomic E-state index is 5.21. The van der Waals surface area contributed by atoms with Crippen LogP contribution in [0.25, 0.3) is 0 Å². The van der Waals surface area contributed by atoms with Crippen molar-refractivity contribution in [2.75, 3.05) is 19.6 Å². The van der Waals surface area contributed by atoms with Crippen molar-refractivity contribution in [3.63, 3.8) is 0 Å². The standard InChI is InChI=1S/C11H19N/c1-2-3-6-9-12-10-7-4-5-8-11-12/h1H,3-11H2. The van der Waals surface area contributed by atoms with Crippen LogP contribution in [0.2, 0.25) is 0 Å². The molecular weight excluding hydrogens is 146 g/mol. The summed E-state index contributed by atoms with van der Waals surface area (Å²) in [6, 6.07) is 0. The molecule has 0 aromatic heterocycles. The monoisotopic (exact) mass is 165 g/mol. The number of hydrogen-bond donors (Lipinski definition) is 0. The maximum atomic E-state index is 5.21. The fraction of sp³-hybridized carbons (Fsp3) is 0.818. The summed E-state index contributed by atoms with van der Waals surface area (Å²) < 4.78 is 0. The van der Waals surface area contributed by atoms with Crippen molar-refractivity contribution in [3.05, 3.63) is 0 Å². The fourth-order valence-electron chi connectivity index (χ4n) is 1.76. The van der Waals surface area contributed by atoms with Gasteiger partial charge in [0, 0.05) is 6.42 Å². The van der Waals surface area contributed by atoms with Gasteiger partial charge in [0.15, 0.2) is 0 Å². The van der Waals surface area contributed by atoms with Gasteiger partial charge < -0.3 is 4.90 Å². The van der Waals surface area contributed by atoms with Gasteiger partial charge in [0.1, 0.15) is 0 Å². The Morgan fingerprint density at radius 1 is 1.08 bits per heavy atom. The minimum absolute atomic E-state index is 0.941. The lowest BCUT2D eigenvalue weighted by atomic mass is 10.2. The van der Waals surface area contributed by atoms with Crippen molar-refractivity contribution in [1.82, 2.24) is 4.90 Å². The van der Waals surface area contributed by atoms with Crippen molar-refractivity contribution in [3.8, 4) is 12.3 Å². The molecule has 0 amide bonds. The maximum Gasteiger partial charge on any atom is 0.00982 e. The minimum atomic E-state index is 0.941. The van der Waals surface area contributed by atoms with Gasteiger partial charge in [0.05, 0.1) is 0 Å². The molecule has 1 fully saturated rings. The summed E-state index contributed by atoms with van der Waals surface area (Å²) >= 11 is 0. The highest BCUT2D eigenvalue weighted by Crippen LogP contribution is 2.09. The third kappa shape index (κ3) is 3.78. The highest BCUT2D eigenvalue weighted by Gasteiger charge is 2.07. The van der Waals surface area contributed by atoms with E-state index in [4.69, 9.17) is 6.42 Å². The van der Waals surface area contributed by atoms with Crippen LogP contribution in [0, 0.1) is 12.3 Å². The molecule has 1 saturated heterocycles. The molecule has 0 radical (unpaired) electrons. The first-order valence-electron chi connectivity index (χ1n) is 5.09. The van der Waals surface area contributed by atoms with E-state index in [9.17, 15) is 0 Å². The average Bonchev–Trinajstić information content (AvgIpc) is 2.33. The molecule has 0 spiro atoms. The van der Waals surface area contributed by atoms with Crippen LogP contribution in [-0.4, -0.2) is 24.5 Å². The van der Waals surface area contributed by atoms with Crippen molar-refractivity contribution in [2.45, 2.75) is 38.5 Å². The van der Waals surface area contributed by atoms with E-state index in [-0.39, 0.29) is 0 Å². The van der Waals surface area contributed by atoms with Gasteiger partial charge >= 0.3 is 0 Å². The van der Waals surface area contributed by atoms with Crippen molar-refractivity contribution >= 4 is 0 Å². The van der Waals surface area contributed by atoms with Crippen molar-refractivity contribution in [2.24, 2.45) is 0 Å². The van der Waals surface area contributed by atoms with E-state index < -0.39 is 0 Å². The molecule has 0 aromatic carbocycles. The highest BCUT2D eigenvalue weighted by molar-refractivity contribution is 4.83. The molecular formula is C11H19N. The summed E-state index contributed by atoms with van der Waals surface area (Å²) in [6.45, 7) is 3.80. The number of terminal acetylenes is 1. The van der Waals surface area contributed by atoms with E-state index in [0.717, 1.165) is 6.42 Å². The van der Waals surface area contributed by atoms with Crippen molar-refractivity contribution < 1.29 is 0 Å². The second-order valence-corrected chi connectivity index (χ2v) is 3.56. The highest BCUT2D eigenvalue weighted by atomic mass is 15.1. The van der Waals surface area contributed by atoms with Gasteiger partial charge in [-0.1, -0.05) is 12.8 Å². The Balaban J connectivity index is 2.08. The molecule has 0 N–H and O–H groups in total. The van der Waals surface area contributed by atoms with E-state index >= 15 is 0 Å². The Kier molecular flexibility index (Phi) is 4.87. The SMILES string of the molecule is C#CCCCN1CCCCCC1. The summed E-state index contributed by atoms with van der Waals surface area (Å²) in [5, 5.41) is 0. The van der Waals surface area contributed by atoms with Gasteiger partial charge in [-0.3, -0.25) is 0 Å². The molecule has 12 heavy (non-hydrogen) atoms. The largest absolute Gasteiger partial charge is 0.303 e. The molecule has 0 saturated carbocycles. The smallest absolute Gasteiger partial charge is 0.00982 e. The average molecular weight is 165 g/mol. The van der Waals surface area contributed by atoms with Gasteiger partial charge in [-0.25, -0.2) is 0 Å². The van der Waals surface area contributed by atoms with Crippen LogP contribution in [0.1, 0.15) is 38.5 Å². The van der Waals surface area contributed by atoms with E-state index in [1.807, 2.05) is 0 Å². The molecule has 1 heterocycles. The lowest BCUT2D eigenvalue weighted by Crippen LogP contribution is -2.25. The minimum Gasteiger partial charge on any atom is -0.303 e. The normalized spacial score (nSPS) is 19.9. The van der Waals surface area contributed by atoms with Crippen LogP contribution in [0.3, 0.4) is 0 Å². The van der Waals surface area contributed by atoms with Gasteiger partial charge in [0.25, 0.3) is 0 Å². The molecule has 0 bridgehead atoms. The second kappa shape index (κ2) is 6.08. The lowest BCUT2D eigenvalue weighted by Gasteiger charge is -2.18. The molecule has 68 valence electrons. The molecule has 0 aromatic rings. The molecule has 0 unspecified atom stereocenters. The molecule has 1 nitrogen and oxygen atoms in total. The number of nitrogens with zero attached hydrogens (tertiary/aromatic N) is 1. The first-order chi connectivity index (χ1) is 5.93. The Hall–Kier alpha value is -0.480. The molecule has 1 rings (SSSR count). The number of hydrogen-bond acceptors (Lipinski definition) is 1. The van der Waals surface area contributed by atoms with Crippen LogP contribution in [0.5, 0.6) is 0 Å². The zero-order valence-electron chi connectivity index (χ0n) is 7.89. The summed E-state index contributed by atoms with van der Waals surface area (Å²) in [5.74, 6) is 2.70. The molecule has 1 aliphatic rings. The summed E-state index contributed by atoms with van der Waals surface area (Å²) in [6.07, 6.45) is 12.9. The Morgan fingerprint density at radius 3 is 2.33 bits per heavy atom. The first kappa shape index (κ1) is 9.61. The molecule has 1 heteroatoms. The number of likely N-dealkylation sites (tertiary alicyclic amines) is 1. The first-order valence-corrected chi connectivity index (χ1v) is 5.09. The van der Waals surface area contributed by atoms with E-state index in [1.54, 1.807) is 0 Å². The van der Waals surface area contributed by atoms with Crippen LogP contribution in [0.15, 0.2) is 0 Å². The predicted octanol–water partition coefficient (Wildman–Crippen LogP) is 2.28. The summed E-state index contributed by atoms with van der Waals surface area (Å²) in [4.78, 5) is 2.56. The molecule has 0 atom stereocenters. The lowest BCUT2D eigenvalue weighted by molar-refractivity contribution is 0.283. The van der Waals surface area contributed by atoms with Gasteiger partial charge in [-0.15, -0.1) is 12.3 Å². The van der Waals surface area contributed by atoms with Crippen LogP contribution in [0.4, 0.5) is 0 Å². The Bertz CT molecular complexity index is 138. The van der Waals surface area contributed by atoms with Gasteiger partial charge in [-0.05, 0) is 38.9 Å². The van der Waals surface area contributed by atoms with Crippen LogP contribution < -0.4 is 0 Å². The van der Waals surface area contributed by atoms with Crippen LogP contribution >= 0.6 is 0 Å². The number of unbranched alkanes of at least 4 members (excludes halogenated alkanes) is 1. The molecule has 0 aliphatic carbocycles. The van der Waals surface area contributed by atoms with Crippen molar-refractivity contribution in [1.29, 1.82) is 0 Å². The molecule has 1 aliphatic heterocycles. The van der Waals surface area contributed by atoms with Crippen LogP contribution in [-0.2, 0) is 0 Å². The van der Waals surface area contributed by atoms with E-state index in [0.29, 0.717) is 0 Å². The Morgan fingerprint density at radius 2 is 1.75 bits per heavy atom. The predicted molar refractivity (Wildman–Crippen MR) is 53.0 cm³/mol.